The van der Waals surface area contributed by atoms with Gasteiger partial charge < -0.3 is 9.80 Å². The molecule has 206 valence electrons. The molecule has 5 rings (SSSR count). The van der Waals surface area contributed by atoms with E-state index in [9.17, 15) is 26.7 Å². The van der Waals surface area contributed by atoms with Crippen LogP contribution in [0.1, 0.15) is 67.3 Å². The average molecular weight is 535 g/mol. The lowest BCUT2D eigenvalue weighted by molar-refractivity contribution is -0.256. The topological polar surface area (TPSA) is 23.6 Å². The smallest absolute Gasteiger partial charge is 0.339 e. The van der Waals surface area contributed by atoms with Crippen LogP contribution < -0.4 is 0 Å². The van der Waals surface area contributed by atoms with E-state index in [0.717, 1.165) is 37.7 Å². The molecule has 0 aromatic heterocycles. The maximum Gasteiger partial charge on any atom is 0.395 e. The lowest BCUT2D eigenvalue weighted by Gasteiger charge is -2.47. The molecule has 2 saturated heterocycles. The second kappa shape index (κ2) is 10.9. The molecule has 2 aromatic rings. The van der Waals surface area contributed by atoms with E-state index in [0.29, 0.717) is 44.9 Å². The predicted molar refractivity (Wildman–Crippen MR) is 137 cm³/mol. The van der Waals surface area contributed by atoms with Gasteiger partial charge in [0.1, 0.15) is 11.6 Å². The summed E-state index contributed by atoms with van der Waals surface area (Å²) < 4.78 is 70.4. The van der Waals surface area contributed by atoms with Crippen LogP contribution in [0.5, 0.6) is 0 Å². The van der Waals surface area contributed by atoms with Crippen molar-refractivity contribution in [2.45, 2.75) is 64.0 Å². The Balaban J connectivity index is 1.14. The molecule has 1 saturated carbocycles. The Kier molecular flexibility index (Phi) is 7.81. The van der Waals surface area contributed by atoms with Gasteiger partial charge in [-0.3, -0.25) is 4.79 Å². The van der Waals surface area contributed by atoms with Crippen LogP contribution in [0.15, 0.2) is 36.4 Å². The zero-order valence-electron chi connectivity index (χ0n) is 21.6. The first-order chi connectivity index (χ1) is 18.1. The van der Waals surface area contributed by atoms with E-state index in [2.05, 4.69) is 0 Å². The normalized spacial score (nSPS) is 20.5. The summed E-state index contributed by atoms with van der Waals surface area (Å²) in [5.74, 6) is -0.928. The standard InChI is InChI=1S/C30H35F5N2O/c31-26-18-22(5-4-21-10-16-36(17-11-21)20-29(12-3-13-29)30(33,34)35)6-8-24(26)25-9-7-23(19-27(25)32)28(38)37-14-1-2-15-37/h6-9,18-19,21H,1-5,10-17,20H2. The van der Waals surface area contributed by atoms with Crippen LogP contribution in [0.4, 0.5) is 22.0 Å². The van der Waals surface area contributed by atoms with Gasteiger partial charge in [-0.05, 0) is 94.1 Å². The number of benzene rings is 2. The molecule has 2 aliphatic heterocycles. The van der Waals surface area contributed by atoms with E-state index in [1.165, 1.54) is 18.2 Å². The molecule has 0 radical (unpaired) electrons. The van der Waals surface area contributed by atoms with E-state index in [1.54, 1.807) is 23.1 Å². The fourth-order valence-electron chi connectivity index (χ4n) is 6.27. The van der Waals surface area contributed by atoms with Crippen molar-refractivity contribution in [2.24, 2.45) is 11.3 Å². The molecule has 1 amide bonds. The number of carbonyl (C=O) groups excluding carboxylic acids is 1. The van der Waals surface area contributed by atoms with E-state index < -0.39 is 23.2 Å². The summed E-state index contributed by atoms with van der Waals surface area (Å²) in [6, 6.07) is 9.05. The van der Waals surface area contributed by atoms with Crippen LogP contribution in [0.25, 0.3) is 11.1 Å². The average Bonchev–Trinajstić information content (AvgIpc) is 3.40. The summed E-state index contributed by atoms with van der Waals surface area (Å²) >= 11 is 0. The fourth-order valence-corrected chi connectivity index (χ4v) is 6.27. The Morgan fingerprint density at radius 1 is 0.868 bits per heavy atom. The van der Waals surface area contributed by atoms with Gasteiger partial charge in [0, 0.05) is 36.3 Å². The Hall–Kier alpha value is -2.48. The van der Waals surface area contributed by atoms with Crippen molar-refractivity contribution in [3.63, 3.8) is 0 Å². The third-order valence-corrected chi connectivity index (χ3v) is 8.92. The number of likely N-dealkylation sites (tertiary alicyclic amines) is 2. The van der Waals surface area contributed by atoms with Crippen LogP contribution >= 0.6 is 0 Å². The molecule has 0 N–H and O–H groups in total. The van der Waals surface area contributed by atoms with E-state index in [1.807, 2.05) is 4.90 Å². The summed E-state index contributed by atoms with van der Waals surface area (Å²) in [5, 5.41) is 0. The fraction of sp³-hybridized carbons (Fsp3) is 0.567. The van der Waals surface area contributed by atoms with Gasteiger partial charge in [-0.25, -0.2) is 8.78 Å². The van der Waals surface area contributed by atoms with E-state index in [-0.39, 0.29) is 42.0 Å². The van der Waals surface area contributed by atoms with Crippen molar-refractivity contribution in [3.8, 4) is 11.1 Å². The Morgan fingerprint density at radius 2 is 1.50 bits per heavy atom. The number of rotatable bonds is 7. The molecule has 0 unspecified atom stereocenters. The Morgan fingerprint density at radius 3 is 2.05 bits per heavy atom. The number of carbonyl (C=O) groups is 1. The molecule has 0 atom stereocenters. The van der Waals surface area contributed by atoms with Gasteiger partial charge in [0.05, 0.1) is 5.41 Å². The Labute approximate surface area is 221 Å². The van der Waals surface area contributed by atoms with Crippen molar-refractivity contribution < 1.29 is 26.7 Å². The van der Waals surface area contributed by atoms with Gasteiger partial charge in [-0.2, -0.15) is 13.2 Å². The second-order valence-corrected chi connectivity index (χ2v) is 11.4. The summed E-state index contributed by atoms with van der Waals surface area (Å²) in [4.78, 5) is 16.2. The van der Waals surface area contributed by atoms with Crippen LogP contribution in [0.3, 0.4) is 0 Å². The van der Waals surface area contributed by atoms with Crippen LogP contribution in [0, 0.1) is 23.0 Å². The highest BCUT2D eigenvalue weighted by atomic mass is 19.4. The number of hydrogen-bond acceptors (Lipinski definition) is 2. The zero-order valence-corrected chi connectivity index (χ0v) is 21.6. The number of aryl methyl sites for hydroxylation is 1. The summed E-state index contributed by atoms with van der Waals surface area (Å²) in [6.07, 6.45) is 2.11. The largest absolute Gasteiger partial charge is 0.395 e. The first-order valence-electron chi connectivity index (χ1n) is 13.8. The van der Waals surface area contributed by atoms with Gasteiger partial charge >= 0.3 is 6.18 Å². The van der Waals surface area contributed by atoms with Gasteiger partial charge in [-0.15, -0.1) is 0 Å². The lowest BCUT2D eigenvalue weighted by atomic mass is 9.67. The first-order valence-corrected chi connectivity index (χ1v) is 13.8. The highest BCUT2D eigenvalue weighted by molar-refractivity contribution is 5.95. The molecular formula is C30H35F5N2O. The molecule has 0 bridgehead atoms. The SMILES string of the molecule is O=C(c1ccc(-c2ccc(CCC3CCN(CC4(C(F)(F)F)CCC4)CC3)cc2F)c(F)c1)N1CCCC1. The summed E-state index contributed by atoms with van der Waals surface area (Å²) in [6.45, 7) is 2.81. The van der Waals surface area contributed by atoms with Crippen molar-refractivity contribution in [2.75, 3.05) is 32.7 Å². The third kappa shape index (κ3) is 5.61. The number of amides is 1. The minimum atomic E-state index is -4.13. The second-order valence-electron chi connectivity index (χ2n) is 11.4. The van der Waals surface area contributed by atoms with Crippen molar-refractivity contribution in [1.29, 1.82) is 0 Å². The molecular weight excluding hydrogens is 499 g/mol. The molecule has 2 aromatic carbocycles. The van der Waals surface area contributed by atoms with Crippen molar-refractivity contribution >= 4 is 5.91 Å². The van der Waals surface area contributed by atoms with Gasteiger partial charge in [0.25, 0.3) is 5.91 Å². The number of hydrogen-bond donors (Lipinski definition) is 0. The molecule has 3 nitrogen and oxygen atoms in total. The van der Waals surface area contributed by atoms with Crippen LogP contribution in [-0.2, 0) is 6.42 Å². The van der Waals surface area contributed by atoms with Gasteiger partial charge in [-0.1, -0.05) is 24.6 Å². The number of nitrogens with zero attached hydrogens (tertiary/aromatic N) is 2. The minimum Gasteiger partial charge on any atom is -0.339 e. The number of halogens is 5. The third-order valence-electron chi connectivity index (χ3n) is 8.92. The predicted octanol–water partition coefficient (Wildman–Crippen LogP) is 7.25. The van der Waals surface area contributed by atoms with Crippen LogP contribution in [0.2, 0.25) is 0 Å². The van der Waals surface area contributed by atoms with Gasteiger partial charge in [0.2, 0.25) is 0 Å². The van der Waals surface area contributed by atoms with Crippen LogP contribution in [-0.4, -0.2) is 54.6 Å². The maximum absolute atomic E-state index is 15.0. The molecule has 1 aliphatic carbocycles. The van der Waals surface area contributed by atoms with Crippen molar-refractivity contribution in [1.82, 2.24) is 9.80 Å². The highest BCUT2D eigenvalue weighted by Crippen LogP contribution is 2.53. The molecule has 0 spiro atoms. The number of alkyl halides is 3. The first kappa shape index (κ1) is 27.1. The molecule has 38 heavy (non-hydrogen) atoms. The molecule has 3 fully saturated rings. The highest BCUT2D eigenvalue weighted by Gasteiger charge is 2.58. The quantitative estimate of drug-likeness (QED) is 0.350. The van der Waals surface area contributed by atoms with Crippen molar-refractivity contribution in [3.05, 3.63) is 59.2 Å². The van der Waals surface area contributed by atoms with Gasteiger partial charge in [0.15, 0.2) is 0 Å². The lowest BCUT2D eigenvalue weighted by Crippen LogP contribution is -2.53. The zero-order chi connectivity index (χ0) is 26.9. The Bertz CT molecular complexity index is 1150. The molecule has 8 heteroatoms. The molecule has 3 aliphatic rings. The minimum absolute atomic E-state index is 0.111. The van der Waals surface area contributed by atoms with E-state index >= 15 is 0 Å². The monoisotopic (exact) mass is 534 g/mol. The summed E-state index contributed by atoms with van der Waals surface area (Å²) in [5.41, 5.74) is -0.128. The molecule has 2 heterocycles. The van der Waals surface area contributed by atoms with E-state index in [4.69, 9.17) is 0 Å². The summed E-state index contributed by atoms with van der Waals surface area (Å²) in [7, 11) is 0. The number of piperidine rings is 1. The maximum atomic E-state index is 15.0.